The second kappa shape index (κ2) is 6.28. The summed E-state index contributed by atoms with van der Waals surface area (Å²) in [5.41, 5.74) is -0.234. The van der Waals surface area contributed by atoms with Crippen LogP contribution in [0.4, 0.5) is 0 Å². The summed E-state index contributed by atoms with van der Waals surface area (Å²) in [6.07, 6.45) is 4.61. The molecule has 1 aliphatic heterocycles. The van der Waals surface area contributed by atoms with E-state index in [2.05, 4.69) is 14.9 Å². The summed E-state index contributed by atoms with van der Waals surface area (Å²) < 4.78 is 11.7. The third-order valence-electron chi connectivity index (χ3n) is 4.00. The fourth-order valence-corrected chi connectivity index (χ4v) is 2.73. The molecule has 1 aliphatic rings. The van der Waals surface area contributed by atoms with Gasteiger partial charge in [0.05, 0.1) is 6.54 Å². The summed E-state index contributed by atoms with van der Waals surface area (Å²) in [4.78, 5) is 9.76. The van der Waals surface area contributed by atoms with Gasteiger partial charge in [0.25, 0.3) is 0 Å². The predicted molar refractivity (Wildman–Crippen MR) is 80.2 cm³/mol. The van der Waals surface area contributed by atoms with Crippen LogP contribution < -0.4 is 4.74 Å². The van der Waals surface area contributed by atoms with Gasteiger partial charge in [-0.25, -0.2) is 4.98 Å². The highest BCUT2D eigenvalue weighted by Crippen LogP contribution is 2.27. The van der Waals surface area contributed by atoms with Crippen molar-refractivity contribution in [3.63, 3.8) is 0 Å². The fraction of sp³-hybridized carbons (Fsp3) is 0.438. The summed E-state index contributed by atoms with van der Waals surface area (Å²) in [5, 5.41) is 0. The molecular weight excluding hydrogens is 266 g/mol. The van der Waals surface area contributed by atoms with Gasteiger partial charge >= 0.3 is 0 Å². The number of imidazole rings is 1. The van der Waals surface area contributed by atoms with Gasteiger partial charge in [-0.2, -0.15) is 0 Å². The number of hydrogen-bond acceptors (Lipinski definition) is 4. The highest BCUT2D eigenvalue weighted by atomic mass is 16.5. The summed E-state index contributed by atoms with van der Waals surface area (Å²) in [5.74, 6) is 1.88. The van der Waals surface area contributed by atoms with Gasteiger partial charge in [-0.15, -0.1) is 0 Å². The summed E-state index contributed by atoms with van der Waals surface area (Å²) in [6, 6.07) is 9.89. The largest absolute Gasteiger partial charge is 0.491 e. The summed E-state index contributed by atoms with van der Waals surface area (Å²) in [7, 11) is 1.77. The minimum absolute atomic E-state index is 0.234. The zero-order valence-corrected chi connectivity index (χ0v) is 12.3. The molecule has 1 fully saturated rings. The molecule has 2 heterocycles. The van der Waals surface area contributed by atoms with E-state index in [9.17, 15) is 0 Å². The zero-order valence-electron chi connectivity index (χ0n) is 12.3. The molecule has 3 rings (SSSR count). The average Bonchev–Trinajstić information content (AvgIpc) is 3.17. The van der Waals surface area contributed by atoms with Gasteiger partial charge < -0.3 is 14.5 Å². The molecule has 1 saturated heterocycles. The lowest BCUT2D eigenvalue weighted by Gasteiger charge is -2.27. The van der Waals surface area contributed by atoms with Crippen LogP contribution in [0.2, 0.25) is 0 Å². The number of nitrogens with one attached hydrogen (secondary N) is 1. The van der Waals surface area contributed by atoms with Crippen LogP contribution in [-0.2, 0) is 11.3 Å². The zero-order chi connectivity index (χ0) is 14.5. The van der Waals surface area contributed by atoms with Crippen molar-refractivity contribution in [2.45, 2.75) is 18.6 Å². The summed E-state index contributed by atoms with van der Waals surface area (Å²) >= 11 is 0. The van der Waals surface area contributed by atoms with E-state index in [0.29, 0.717) is 6.61 Å². The van der Waals surface area contributed by atoms with E-state index >= 15 is 0 Å². The highest BCUT2D eigenvalue weighted by molar-refractivity contribution is 5.21. The maximum absolute atomic E-state index is 5.89. The average molecular weight is 287 g/mol. The third-order valence-corrected chi connectivity index (χ3v) is 4.00. The first-order valence-corrected chi connectivity index (χ1v) is 7.23. The molecule has 5 nitrogen and oxygen atoms in total. The van der Waals surface area contributed by atoms with E-state index in [-0.39, 0.29) is 5.60 Å². The number of rotatable bonds is 6. The Morgan fingerprint density at radius 3 is 2.90 bits per heavy atom. The van der Waals surface area contributed by atoms with Crippen LogP contribution in [0.3, 0.4) is 0 Å². The Morgan fingerprint density at radius 2 is 2.19 bits per heavy atom. The number of aromatic nitrogens is 2. The Kier molecular flexibility index (Phi) is 4.22. The number of para-hydroxylation sites is 1. The summed E-state index contributed by atoms with van der Waals surface area (Å²) in [6.45, 7) is 3.25. The number of hydrogen-bond donors (Lipinski definition) is 1. The molecule has 5 heteroatoms. The molecule has 1 N–H and O–H groups in total. The smallest absolute Gasteiger partial charge is 0.120 e. The van der Waals surface area contributed by atoms with E-state index in [1.807, 2.05) is 36.5 Å². The quantitative estimate of drug-likeness (QED) is 0.884. The molecule has 0 saturated carbocycles. The molecule has 112 valence electrons. The van der Waals surface area contributed by atoms with E-state index < -0.39 is 0 Å². The topological polar surface area (TPSA) is 50.4 Å². The van der Waals surface area contributed by atoms with Crippen LogP contribution in [0.1, 0.15) is 12.2 Å². The number of benzene rings is 1. The van der Waals surface area contributed by atoms with Crippen molar-refractivity contribution in [1.82, 2.24) is 14.9 Å². The number of likely N-dealkylation sites (tertiary alicyclic amines) is 1. The molecule has 21 heavy (non-hydrogen) atoms. The number of ether oxygens (including phenoxy) is 2. The minimum atomic E-state index is -0.234. The second-order valence-corrected chi connectivity index (χ2v) is 5.49. The van der Waals surface area contributed by atoms with Gasteiger partial charge in [-0.3, -0.25) is 4.90 Å². The monoisotopic (exact) mass is 287 g/mol. The highest BCUT2D eigenvalue weighted by Gasteiger charge is 2.39. The number of aromatic amines is 1. The van der Waals surface area contributed by atoms with Crippen molar-refractivity contribution in [3.05, 3.63) is 48.5 Å². The molecule has 0 radical (unpaired) electrons. The first kappa shape index (κ1) is 14.1. The Bertz CT molecular complexity index is 544. The minimum Gasteiger partial charge on any atom is -0.491 e. The van der Waals surface area contributed by atoms with Crippen LogP contribution in [0, 0.1) is 0 Å². The maximum Gasteiger partial charge on any atom is 0.120 e. The van der Waals surface area contributed by atoms with Gasteiger partial charge in [0.1, 0.15) is 23.8 Å². The Labute approximate surface area is 124 Å². The molecule has 0 aliphatic carbocycles. The van der Waals surface area contributed by atoms with Crippen LogP contribution >= 0.6 is 0 Å². The van der Waals surface area contributed by atoms with Crippen molar-refractivity contribution in [2.75, 3.05) is 26.8 Å². The lowest BCUT2D eigenvalue weighted by Crippen LogP contribution is -2.41. The maximum atomic E-state index is 5.89. The number of nitrogens with zero attached hydrogens (tertiary/aromatic N) is 2. The molecule has 0 bridgehead atoms. The molecule has 0 unspecified atom stereocenters. The predicted octanol–water partition coefficient (Wildman–Crippen LogP) is 2.08. The first-order chi connectivity index (χ1) is 10.3. The van der Waals surface area contributed by atoms with Crippen LogP contribution in [0.5, 0.6) is 5.75 Å². The van der Waals surface area contributed by atoms with Crippen LogP contribution in [0.25, 0.3) is 0 Å². The Hall–Kier alpha value is -1.85. The van der Waals surface area contributed by atoms with Crippen LogP contribution in [-0.4, -0.2) is 47.3 Å². The lowest BCUT2D eigenvalue weighted by atomic mass is 10.1. The fourth-order valence-electron chi connectivity index (χ4n) is 2.73. The molecule has 0 amide bonds. The van der Waals surface area contributed by atoms with Gasteiger partial charge in [0.2, 0.25) is 0 Å². The standard InChI is InChI=1S/C16H21N3O2/c1-20-16(13-21-14-5-3-2-4-6-14)7-10-19(12-16)11-15-17-8-9-18-15/h2-6,8-9H,7,10-13H2,1H3,(H,17,18)/t16-/m1/s1. The van der Waals surface area contributed by atoms with E-state index in [1.54, 1.807) is 13.3 Å². The second-order valence-electron chi connectivity index (χ2n) is 5.49. The SMILES string of the molecule is CO[C@]1(COc2ccccc2)CCN(Cc2ncc[nH]2)C1. The van der Waals surface area contributed by atoms with Gasteiger partial charge in [0, 0.05) is 32.6 Å². The van der Waals surface area contributed by atoms with Crippen molar-refractivity contribution in [2.24, 2.45) is 0 Å². The molecule has 1 atom stereocenters. The Morgan fingerprint density at radius 1 is 1.33 bits per heavy atom. The van der Waals surface area contributed by atoms with Crippen molar-refractivity contribution in [3.8, 4) is 5.75 Å². The van der Waals surface area contributed by atoms with Gasteiger partial charge in [0.15, 0.2) is 0 Å². The number of H-pyrrole nitrogens is 1. The van der Waals surface area contributed by atoms with E-state index in [1.165, 1.54) is 0 Å². The first-order valence-electron chi connectivity index (χ1n) is 7.23. The lowest BCUT2D eigenvalue weighted by molar-refractivity contribution is -0.0360. The van der Waals surface area contributed by atoms with E-state index in [4.69, 9.17) is 9.47 Å². The van der Waals surface area contributed by atoms with Crippen molar-refractivity contribution in [1.29, 1.82) is 0 Å². The van der Waals surface area contributed by atoms with Crippen LogP contribution in [0.15, 0.2) is 42.7 Å². The van der Waals surface area contributed by atoms with Crippen molar-refractivity contribution >= 4 is 0 Å². The Balaban J connectivity index is 1.57. The number of methoxy groups -OCH3 is 1. The normalized spacial score (nSPS) is 22.5. The van der Waals surface area contributed by atoms with E-state index in [0.717, 1.165) is 37.6 Å². The van der Waals surface area contributed by atoms with Gasteiger partial charge in [-0.1, -0.05) is 18.2 Å². The molecule has 1 aromatic heterocycles. The van der Waals surface area contributed by atoms with Crippen molar-refractivity contribution < 1.29 is 9.47 Å². The van der Waals surface area contributed by atoms with Gasteiger partial charge in [-0.05, 0) is 18.6 Å². The molecule has 0 spiro atoms. The molecular formula is C16H21N3O2. The molecule has 2 aromatic rings. The third kappa shape index (κ3) is 3.43. The molecule has 1 aromatic carbocycles.